The lowest BCUT2D eigenvalue weighted by Gasteiger charge is -2.60. The van der Waals surface area contributed by atoms with Gasteiger partial charge in [0.15, 0.2) is 0 Å². The Labute approximate surface area is 164 Å². The maximum absolute atomic E-state index is 12.2. The zero-order valence-corrected chi connectivity index (χ0v) is 16.4. The van der Waals surface area contributed by atoms with Crippen LogP contribution in [0.4, 0.5) is 5.69 Å². The number of rotatable bonds is 3. The second kappa shape index (κ2) is 5.43. The molecule has 5 heterocycles. The third kappa shape index (κ3) is 1.76. The van der Waals surface area contributed by atoms with Crippen molar-refractivity contribution in [3.63, 3.8) is 0 Å². The minimum Gasteiger partial charge on any atom is -0.461 e. The van der Waals surface area contributed by atoms with Crippen molar-refractivity contribution in [2.24, 2.45) is 22.7 Å². The van der Waals surface area contributed by atoms with E-state index in [0.29, 0.717) is 0 Å². The van der Waals surface area contributed by atoms with Gasteiger partial charge in [0.1, 0.15) is 12.3 Å². The first-order valence-electron chi connectivity index (χ1n) is 10.3. The quantitative estimate of drug-likeness (QED) is 0.810. The number of aliphatic imine (C=N–C) groups is 1. The molecule has 148 valence electrons. The highest BCUT2D eigenvalue weighted by Gasteiger charge is 2.76. The summed E-state index contributed by atoms with van der Waals surface area (Å²) in [5, 5.41) is 11.3. The van der Waals surface area contributed by atoms with E-state index in [1.54, 1.807) is 7.11 Å². The predicted molar refractivity (Wildman–Crippen MR) is 102 cm³/mol. The van der Waals surface area contributed by atoms with Gasteiger partial charge in [0, 0.05) is 31.9 Å². The molecular weight excluding hydrogens is 356 g/mol. The fourth-order valence-electron chi connectivity index (χ4n) is 7.47. The van der Waals surface area contributed by atoms with Crippen LogP contribution in [-0.4, -0.2) is 59.3 Å². The van der Waals surface area contributed by atoms with Gasteiger partial charge >= 0.3 is 5.97 Å². The monoisotopic (exact) mass is 382 g/mol. The van der Waals surface area contributed by atoms with Gasteiger partial charge in [0.05, 0.1) is 29.0 Å². The Balaban J connectivity index is 1.56. The van der Waals surface area contributed by atoms with Gasteiger partial charge in [0.25, 0.3) is 0 Å². The second-order valence-electron chi connectivity index (χ2n) is 9.16. The first kappa shape index (κ1) is 17.1. The molecular formula is C22H26N2O4. The lowest BCUT2D eigenvalue weighted by Crippen LogP contribution is -2.71. The van der Waals surface area contributed by atoms with Crippen LogP contribution in [0.3, 0.4) is 0 Å². The Morgan fingerprint density at radius 3 is 2.93 bits per heavy atom. The minimum absolute atomic E-state index is 0.0189. The summed E-state index contributed by atoms with van der Waals surface area (Å²) in [7, 11) is 1.71. The summed E-state index contributed by atoms with van der Waals surface area (Å²) in [5.41, 5.74) is 2.96. The molecule has 4 saturated heterocycles. The van der Waals surface area contributed by atoms with Crippen molar-refractivity contribution in [1.82, 2.24) is 4.90 Å². The summed E-state index contributed by atoms with van der Waals surface area (Å²) in [4.78, 5) is 19.5. The molecule has 1 N–H and O–H groups in total. The third-order valence-electron chi connectivity index (χ3n) is 8.29. The van der Waals surface area contributed by atoms with Crippen LogP contribution < -0.4 is 0 Å². The topological polar surface area (TPSA) is 71.4 Å². The normalized spacial score (nSPS) is 47.5. The van der Waals surface area contributed by atoms with Crippen LogP contribution in [0.15, 0.2) is 29.3 Å². The molecule has 3 unspecified atom stereocenters. The molecule has 6 aliphatic rings. The molecule has 0 amide bonds. The molecule has 10 atom stereocenters. The number of aliphatic hydroxyl groups excluding tert-OH is 1. The van der Waals surface area contributed by atoms with Crippen molar-refractivity contribution >= 4 is 17.4 Å². The summed E-state index contributed by atoms with van der Waals surface area (Å²) in [6, 6.07) is 8.61. The Hall–Kier alpha value is -1.76. The van der Waals surface area contributed by atoms with Gasteiger partial charge in [0.2, 0.25) is 0 Å². The Morgan fingerprint density at radius 1 is 1.39 bits per heavy atom. The highest BCUT2D eigenvalue weighted by Crippen LogP contribution is 2.67. The largest absolute Gasteiger partial charge is 0.461 e. The van der Waals surface area contributed by atoms with Crippen molar-refractivity contribution in [2.45, 2.75) is 62.6 Å². The summed E-state index contributed by atoms with van der Waals surface area (Å²) < 4.78 is 11.7. The highest BCUT2D eigenvalue weighted by molar-refractivity contribution is 6.07. The van der Waals surface area contributed by atoms with E-state index in [9.17, 15) is 9.90 Å². The van der Waals surface area contributed by atoms with Gasteiger partial charge in [-0.3, -0.25) is 14.7 Å². The lowest BCUT2D eigenvalue weighted by molar-refractivity contribution is -0.221. The van der Waals surface area contributed by atoms with E-state index in [1.165, 1.54) is 12.5 Å². The number of hydrogen-bond acceptors (Lipinski definition) is 6. The molecule has 0 aromatic heterocycles. The third-order valence-corrected chi connectivity index (χ3v) is 8.29. The number of piperidine rings is 4. The summed E-state index contributed by atoms with van der Waals surface area (Å²) in [6.45, 7) is 3.54. The molecule has 6 nitrogen and oxygen atoms in total. The van der Waals surface area contributed by atoms with Gasteiger partial charge < -0.3 is 14.6 Å². The van der Waals surface area contributed by atoms with Crippen LogP contribution in [0.25, 0.3) is 0 Å². The first-order chi connectivity index (χ1) is 13.5. The Bertz CT molecular complexity index is 900. The van der Waals surface area contributed by atoms with Gasteiger partial charge in [-0.15, -0.1) is 0 Å². The number of carbonyl (C=O) groups excluding carboxylic acids is 1. The number of esters is 1. The molecule has 1 spiro atoms. The van der Waals surface area contributed by atoms with Gasteiger partial charge in [-0.05, 0) is 37.3 Å². The van der Waals surface area contributed by atoms with E-state index < -0.39 is 6.23 Å². The molecule has 5 fully saturated rings. The predicted octanol–water partition coefficient (Wildman–Crippen LogP) is 2.02. The summed E-state index contributed by atoms with van der Waals surface area (Å²) in [6.07, 6.45) is 0.995. The van der Waals surface area contributed by atoms with Crippen molar-refractivity contribution in [1.29, 1.82) is 0 Å². The van der Waals surface area contributed by atoms with Crippen LogP contribution in [-0.2, 0) is 19.7 Å². The zero-order valence-electron chi connectivity index (χ0n) is 16.4. The molecule has 5 aliphatic heterocycles. The number of benzene rings is 1. The zero-order chi connectivity index (χ0) is 19.4. The lowest BCUT2D eigenvalue weighted by atomic mass is 9.63. The number of methoxy groups -OCH3 is 1. The molecule has 1 aromatic rings. The maximum atomic E-state index is 12.2. The van der Waals surface area contributed by atoms with Crippen molar-refractivity contribution in [3.8, 4) is 0 Å². The smallest absolute Gasteiger partial charge is 0.302 e. The van der Waals surface area contributed by atoms with E-state index in [0.717, 1.165) is 24.2 Å². The summed E-state index contributed by atoms with van der Waals surface area (Å²) >= 11 is 0. The van der Waals surface area contributed by atoms with Crippen LogP contribution in [0.1, 0.15) is 32.3 Å². The Kier molecular flexibility index (Phi) is 3.32. The number of hydrogen-bond donors (Lipinski definition) is 1. The van der Waals surface area contributed by atoms with Crippen molar-refractivity contribution in [3.05, 3.63) is 29.8 Å². The minimum atomic E-state index is -0.541. The fraction of sp³-hybridized carbons (Fsp3) is 0.636. The van der Waals surface area contributed by atoms with Crippen LogP contribution >= 0.6 is 0 Å². The fourth-order valence-corrected chi connectivity index (χ4v) is 7.47. The van der Waals surface area contributed by atoms with E-state index in [4.69, 9.17) is 14.5 Å². The molecule has 7 rings (SSSR count). The second-order valence-corrected chi connectivity index (χ2v) is 9.16. The van der Waals surface area contributed by atoms with E-state index in [-0.39, 0.29) is 53.4 Å². The molecule has 28 heavy (non-hydrogen) atoms. The molecule has 1 saturated carbocycles. The SMILES string of the molecule is COC(C)[C@H]1[C@@H]2C[C@H]3C4=Nc5ccccc5[C@]45C[C@@H]([C@H]2C5OC(C)=O)N3[C@@H]1O. The molecule has 5 bridgehead atoms. The maximum Gasteiger partial charge on any atom is 0.302 e. The average Bonchev–Trinajstić information content (AvgIpc) is 3.14. The van der Waals surface area contributed by atoms with E-state index >= 15 is 0 Å². The van der Waals surface area contributed by atoms with Crippen LogP contribution in [0, 0.1) is 17.8 Å². The highest BCUT2D eigenvalue weighted by atomic mass is 16.5. The van der Waals surface area contributed by atoms with E-state index in [1.807, 2.05) is 13.0 Å². The van der Waals surface area contributed by atoms with Crippen molar-refractivity contribution in [2.75, 3.05) is 7.11 Å². The van der Waals surface area contributed by atoms with E-state index in [2.05, 4.69) is 23.1 Å². The number of fused-ring (bicyclic) bond motifs is 2. The van der Waals surface area contributed by atoms with Gasteiger partial charge in [-0.25, -0.2) is 0 Å². The van der Waals surface area contributed by atoms with Gasteiger partial charge in [-0.1, -0.05) is 18.2 Å². The average molecular weight is 382 g/mol. The van der Waals surface area contributed by atoms with Gasteiger partial charge in [-0.2, -0.15) is 0 Å². The molecule has 0 radical (unpaired) electrons. The number of carbonyl (C=O) groups is 1. The number of para-hydroxylation sites is 1. The summed E-state index contributed by atoms with van der Waals surface area (Å²) in [5.74, 6) is 0.242. The molecule has 1 aliphatic carbocycles. The standard InChI is InChI=1S/C22H26N2O4/c1-10(27-3)17-12-8-15-19-22(13-6-4-5-7-14(13)23-19)9-16(24(15)21(17)26)18(12)20(22)28-11(2)25/h4-7,10,12,15-18,20-21,26H,8-9H2,1-3H3/t10?,12-,15-,16-,17-,18-,20?,21+,22+/m0/s1. The number of ether oxygens (including phenoxy) is 2. The first-order valence-corrected chi connectivity index (χ1v) is 10.3. The number of nitrogens with zero attached hydrogens (tertiary/aromatic N) is 2. The molecule has 1 aromatic carbocycles. The van der Waals surface area contributed by atoms with Crippen molar-refractivity contribution < 1.29 is 19.4 Å². The Morgan fingerprint density at radius 2 is 2.18 bits per heavy atom. The number of aliphatic hydroxyl groups is 1. The van der Waals surface area contributed by atoms with Crippen LogP contribution in [0.5, 0.6) is 0 Å². The van der Waals surface area contributed by atoms with Crippen LogP contribution in [0.2, 0.25) is 0 Å². The molecule has 6 heteroatoms.